The van der Waals surface area contributed by atoms with Gasteiger partial charge in [0.25, 0.3) is 0 Å². The third-order valence-electron chi connectivity index (χ3n) is 6.97. The number of benzene rings is 1. The molecular weight excluding hydrogens is 492 g/mol. The number of nitrogens with one attached hydrogen (secondary N) is 1. The van der Waals surface area contributed by atoms with Gasteiger partial charge in [-0.25, -0.2) is 9.37 Å². The Bertz CT molecular complexity index is 1490. The molecule has 12 heteroatoms. The Morgan fingerprint density at radius 1 is 1.19 bits per heavy atom. The summed E-state index contributed by atoms with van der Waals surface area (Å²) < 4.78 is 71.0. The molecule has 0 amide bonds. The van der Waals surface area contributed by atoms with E-state index < -0.39 is 29.8 Å². The second-order valence-electron chi connectivity index (χ2n) is 9.82. The van der Waals surface area contributed by atoms with Crippen LogP contribution >= 0.6 is 0 Å². The molecule has 1 aromatic carbocycles. The summed E-state index contributed by atoms with van der Waals surface area (Å²) in [6.07, 6.45) is -3.42. The van der Waals surface area contributed by atoms with Gasteiger partial charge in [-0.15, -0.1) is 10.2 Å². The molecule has 4 unspecified atom stereocenters. The van der Waals surface area contributed by atoms with E-state index in [1.54, 1.807) is 12.1 Å². The highest BCUT2D eigenvalue weighted by Crippen LogP contribution is 2.41. The molecule has 0 aliphatic carbocycles. The van der Waals surface area contributed by atoms with Crippen molar-refractivity contribution in [3.63, 3.8) is 0 Å². The number of hydrogen-bond donors (Lipinski definition) is 1. The van der Waals surface area contributed by atoms with Gasteiger partial charge in [-0.05, 0) is 37.1 Å². The SMILES string of the molecule is COCC1NC2(C)CCN(C2)C(C(F)(F)F)c2ccc3nnc(n3c2)-c2ccc3cc(F)cc(c3n2)O1. The van der Waals surface area contributed by atoms with Crippen LogP contribution in [-0.4, -0.2) is 69.2 Å². The van der Waals surface area contributed by atoms with Crippen molar-refractivity contribution in [1.29, 1.82) is 0 Å². The van der Waals surface area contributed by atoms with Crippen LogP contribution in [0.5, 0.6) is 5.75 Å². The number of fused-ring (bicyclic) bond motifs is 5. The zero-order chi connectivity index (χ0) is 25.9. The van der Waals surface area contributed by atoms with E-state index in [0.717, 1.165) is 0 Å². The second-order valence-corrected chi connectivity index (χ2v) is 9.82. The molecule has 194 valence electrons. The van der Waals surface area contributed by atoms with E-state index in [1.807, 2.05) is 6.92 Å². The first-order chi connectivity index (χ1) is 17.6. The average molecular weight is 516 g/mol. The Balaban J connectivity index is 1.60. The normalized spacial score (nSPS) is 25.9. The van der Waals surface area contributed by atoms with Gasteiger partial charge in [0.1, 0.15) is 23.1 Å². The fourth-order valence-electron chi connectivity index (χ4n) is 5.37. The number of ether oxygens (including phenoxy) is 2. The number of aromatic nitrogens is 4. The largest absolute Gasteiger partial charge is 0.470 e. The molecule has 8 nitrogen and oxygen atoms in total. The highest BCUT2D eigenvalue weighted by molar-refractivity contribution is 5.86. The summed E-state index contributed by atoms with van der Waals surface area (Å²) in [7, 11) is 1.49. The van der Waals surface area contributed by atoms with Crippen molar-refractivity contribution in [3.05, 3.63) is 54.0 Å². The van der Waals surface area contributed by atoms with Crippen LogP contribution in [0.15, 0.2) is 42.6 Å². The van der Waals surface area contributed by atoms with Crippen molar-refractivity contribution in [2.24, 2.45) is 0 Å². The first-order valence-electron chi connectivity index (χ1n) is 11.8. The maximum absolute atomic E-state index is 14.5. The molecule has 6 bridgehead atoms. The van der Waals surface area contributed by atoms with Crippen LogP contribution in [0.4, 0.5) is 17.6 Å². The number of alkyl halides is 3. The van der Waals surface area contributed by atoms with Crippen LogP contribution in [0.25, 0.3) is 28.1 Å². The fourth-order valence-corrected chi connectivity index (χ4v) is 5.37. The van der Waals surface area contributed by atoms with Gasteiger partial charge in [-0.3, -0.25) is 14.6 Å². The Morgan fingerprint density at radius 2 is 2.03 bits per heavy atom. The Kier molecular flexibility index (Phi) is 5.58. The van der Waals surface area contributed by atoms with Crippen LogP contribution in [0.2, 0.25) is 0 Å². The summed E-state index contributed by atoms with van der Waals surface area (Å²) in [6, 6.07) is 7.02. The minimum Gasteiger partial charge on any atom is -0.470 e. The Hall–Kier alpha value is -3.35. The number of rotatable bonds is 2. The van der Waals surface area contributed by atoms with Gasteiger partial charge in [0.15, 0.2) is 23.4 Å². The van der Waals surface area contributed by atoms with Crippen LogP contribution in [0.1, 0.15) is 24.9 Å². The zero-order valence-electron chi connectivity index (χ0n) is 20.1. The molecule has 0 spiro atoms. The van der Waals surface area contributed by atoms with Gasteiger partial charge in [0.05, 0.1) is 6.61 Å². The van der Waals surface area contributed by atoms with E-state index in [4.69, 9.17) is 9.47 Å². The van der Waals surface area contributed by atoms with Crippen molar-refractivity contribution in [1.82, 2.24) is 29.8 Å². The van der Waals surface area contributed by atoms with Crippen molar-refractivity contribution in [2.45, 2.75) is 37.3 Å². The van der Waals surface area contributed by atoms with Gasteiger partial charge in [0.2, 0.25) is 0 Å². The molecule has 0 saturated carbocycles. The lowest BCUT2D eigenvalue weighted by molar-refractivity contribution is -0.184. The van der Waals surface area contributed by atoms with Crippen LogP contribution in [0.3, 0.4) is 0 Å². The minimum absolute atomic E-state index is 0.0772. The molecule has 2 aliphatic heterocycles. The van der Waals surface area contributed by atoms with Gasteiger partial charge in [-0.1, -0.05) is 12.1 Å². The molecule has 2 aliphatic rings. The van der Waals surface area contributed by atoms with E-state index in [-0.39, 0.29) is 36.8 Å². The maximum Gasteiger partial charge on any atom is 0.408 e. The summed E-state index contributed by atoms with van der Waals surface area (Å²) in [4.78, 5) is 6.09. The third kappa shape index (κ3) is 4.28. The molecule has 6 rings (SSSR count). The second kappa shape index (κ2) is 8.61. The lowest BCUT2D eigenvalue weighted by Gasteiger charge is -2.34. The van der Waals surface area contributed by atoms with Gasteiger partial charge < -0.3 is 9.47 Å². The van der Waals surface area contributed by atoms with Crippen LogP contribution in [-0.2, 0) is 4.74 Å². The van der Waals surface area contributed by atoms with Crippen molar-refractivity contribution >= 4 is 16.6 Å². The van der Waals surface area contributed by atoms with E-state index in [1.165, 1.54) is 46.9 Å². The van der Waals surface area contributed by atoms with Crippen LogP contribution in [0, 0.1) is 5.82 Å². The molecule has 1 saturated heterocycles. The van der Waals surface area contributed by atoms with Gasteiger partial charge in [0, 0.05) is 43.4 Å². The summed E-state index contributed by atoms with van der Waals surface area (Å²) in [6.45, 7) is 2.26. The monoisotopic (exact) mass is 516 g/mol. The quantitative estimate of drug-likeness (QED) is 0.402. The molecule has 1 fully saturated rings. The predicted molar refractivity (Wildman–Crippen MR) is 127 cm³/mol. The van der Waals surface area contributed by atoms with E-state index in [2.05, 4.69) is 20.5 Å². The first-order valence-corrected chi connectivity index (χ1v) is 11.8. The smallest absolute Gasteiger partial charge is 0.408 e. The molecule has 3 aromatic heterocycles. The standard InChI is InChI=1S/C25H24F4N6O2/c1-24-7-8-34(13-24)22(25(27,28)29)15-4-6-19-32-33-23(35(19)11-15)17-5-3-14-9-16(26)10-18(21(14)30-17)37-20(31-24)12-36-2/h3-6,9-11,20,22,31H,7-8,12-13H2,1-2H3. The number of halogens is 4. The van der Waals surface area contributed by atoms with Crippen LogP contribution < -0.4 is 10.1 Å². The van der Waals surface area contributed by atoms with Crippen molar-refractivity contribution < 1.29 is 27.0 Å². The van der Waals surface area contributed by atoms with Crippen molar-refractivity contribution in [3.8, 4) is 17.3 Å². The molecule has 0 radical (unpaired) electrons. The van der Waals surface area contributed by atoms with Gasteiger partial charge >= 0.3 is 6.18 Å². The summed E-state index contributed by atoms with van der Waals surface area (Å²) in [5.74, 6) is -0.0555. The Morgan fingerprint density at radius 3 is 2.81 bits per heavy atom. The fraction of sp³-hybridized carbons (Fsp3) is 0.400. The molecule has 4 aromatic rings. The van der Waals surface area contributed by atoms with E-state index >= 15 is 0 Å². The molecule has 37 heavy (non-hydrogen) atoms. The highest BCUT2D eigenvalue weighted by atomic mass is 19.4. The van der Waals surface area contributed by atoms with E-state index in [0.29, 0.717) is 28.7 Å². The minimum atomic E-state index is -4.52. The zero-order valence-corrected chi connectivity index (χ0v) is 20.1. The molecular formula is C25H24F4N6O2. The molecule has 1 N–H and O–H groups in total. The molecule has 4 atom stereocenters. The van der Waals surface area contributed by atoms with Crippen molar-refractivity contribution in [2.75, 3.05) is 26.8 Å². The highest BCUT2D eigenvalue weighted by Gasteiger charge is 2.49. The topological polar surface area (TPSA) is 76.8 Å². The number of pyridine rings is 2. The third-order valence-corrected chi connectivity index (χ3v) is 6.97. The molecule has 5 heterocycles. The Labute approximate surface area is 209 Å². The maximum atomic E-state index is 14.5. The lowest BCUT2D eigenvalue weighted by Crippen LogP contribution is -2.54. The average Bonchev–Trinajstić information content (AvgIpc) is 3.41. The number of nitrogens with zero attached hydrogens (tertiary/aromatic N) is 5. The van der Waals surface area contributed by atoms with E-state index in [9.17, 15) is 17.6 Å². The predicted octanol–water partition coefficient (Wildman–Crippen LogP) is 4.11. The summed E-state index contributed by atoms with van der Waals surface area (Å²) >= 11 is 0. The number of methoxy groups -OCH3 is 1. The lowest BCUT2D eigenvalue weighted by atomic mass is 10.0. The number of hydrogen-bond acceptors (Lipinski definition) is 7. The first kappa shape index (κ1) is 24.0. The summed E-state index contributed by atoms with van der Waals surface area (Å²) in [5, 5.41) is 12.1. The van der Waals surface area contributed by atoms with Gasteiger partial charge in [-0.2, -0.15) is 13.2 Å². The summed E-state index contributed by atoms with van der Waals surface area (Å²) in [5.41, 5.74) is 0.483.